The summed E-state index contributed by atoms with van der Waals surface area (Å²) in [6.45, 7) is 4.95. The third-order valence-corrected chi connectivity index (χ3v) is 2.77. The first-order valence-electron chi connectivity index (χ1n) is 5.66. The number of rotatable bonds is 6. The van der Waals surface area contributed by atoms with Crippen molar-refractivity contribution in [1.29, 1.82) is 0 Å². The third-order valence-electron chi connectivity index (χ3n) is 2.77. The number of hydrogen-bond acceptors (Lipinski definition) is 2. The molecule has 1 aliphatic rings. The Kier molecular flexibility index (Phi) is 6.75. The Bertz CT molecular complexity index is 191. The van der Waals surface area contributed by atoms with Crippen LogP contribution in [0.2, 0.25) is 0 Å². The summed E-state index contributed by atoms with van der Waals surface area (Å²) in [5, 5.41) is 0. The van der Waals surface area contributed by atoms with Crippen molar-refractivity contribution in [2.24, 2.45) is 11.7 Å². The van der Waals surface area contributed by atoms with Crippen LogP contribution in [0.4, 0.5) is 8.78 Å². The van der Waals surface area contributed by atoms with Gasteiger partial charge < -0.3 is 5.73 Å². The van der Waals surface area contributed by atoms with E-state index in [0.717, 1.165) is 6.54 Å². The van der Waals surface area contributed by atoms with Gasteiger partial charge in [0.25, 0.3) is 6.43 Å². The Labute approximate surface area is 103 Å². The van der Waals surface area contributed by atoms with Crippen LogP contribution in [0.15, 0.2) is 0 Å². The minimum absolute atomic E-state index is 0. The minimum atomic E-state index is -2.26. The normalized spacial score (nSPS) is 17.4. The van der Waals surface area contributed by atoms with Gasteiger partial charge in [-0.3, -0.25) is 4.90 Å². The lowest BCUT2D eigenvalue weighted by molar-refractivity contribution is 0.0613. The van der Waals surface area contributed by atoms with Crippen molar-refractivity contribution in [2.45, 2.75) is 45.1 Å². The predicted molar refractivity (Wildman–Crippen MR) is 65.3 cm³/mol. The summed E-state index contributed by atoms with van der Waals surface area (Å²) in [6.07, 6.45) is 1.36. The summed E-state index contributed by atoms with van der Waals surface area (Å²) >= 11 is 0. The fourth-order valence-electron chi connectivity index (χ4n) is 2.02. The van der Waals surface area contributed by atoms with Gasteiger partial charge in [-0.15, -0.1) is 12.4 Å². The topological polar surface area (TPSA) is 29.3 Å². The van der Waals surface area contributed by atoms with Gasteiger partial charge in [0.2, 0.25) is 0 Å². The van der Waals surface area contributed by atoms with E-state index in [4.69, 9.17) is 5.73 Å². The average molecular weight is 257 g/mol. The summed E-state index contributed by atoms with van der Waals surface area (Å²) < 4.78 is 24.7. The molecule has 2 nitrogen and oxygen atoms in total. The molecular weight excluding hydrogens is 234 g/mol. The Morgan fingerprint density at radius 3 is 2.25 bits per heavy atom. The van der Waals surface area contributed by atoms with Gasteiger partial charge in [-0.1, -0.05) is 6.42 Å². The van der Waals surface area contributed by atoms with Crippen molar-refractivity contribution in [3.63, 3.8) is 0 Å². The van der Waals surface area contributed by atoms with Crippen LogP contribution in [0.1, 0.15) is 33.1 Å². The van der Waals surface area contributed by atoms with Gasteiger partial charge in [0.05, 0.1) is 6.54 Å². The monoisotopic (exact) mass is 256 g/mol. The second-order valence-corrected chi connectivity index (χ2v) is 5.37. The van der Waals surface area contributed by atoms with Crippen LogP contribution in [0.5, 0.6) is 0 Å². The Morgan fingerprint density at radius 2 is 1.94 bits per heavy atom. The lowest BCUT2D eigenvalue weighted by atomic mass is 9.85. The van der Waals surface area contributed by atoms with E-state index in [1.54, 1.807) is 0 Å². The summed E-state index contributed by atoms with van der Waals surface area (Å²) in [5.74, 6) is 0.617. The molecule has 0 radical (unpaired) electrons. The molecule has 16 heavy (non-hydrogen) atoms. The molecular formula is C11H23ClF2N2. The molecule has 0 aromatic rings. The van der Waals surface area contributed by atoms with Crippen molar-refractivity contribution >= 4 is 12.4 Å². The molecule has 0 bridgehead atoms. The zero-order valence-electron chi connectivity index (χ0n) is 10.1. The molecule has 0 atom stereocenters. The first-order chi connectivity index (χ1) is 6.87. The molecule has 0 aromatic heterocycles. The summed E-state index contributed by atoms with van der Waals surface area (Å²) in [4.78, 5) is 1.81. The molecule has 1 saturated carbocycles. The molecule has 1 fully saturated rings. The summed E-state index contributed by atoms with van der Waals surface area (Å²) in [7, 11) is 0. The molecule has 0 unspecified atom stereocenters. The second kappa shape index (κ2) is 6.72. The highest BCUT2D eigenvalue weighted by molar-refractivity contribution is 5.85. The standard InChI is InChI=1S/C11H22F2N2.ClH/c1-11(2,14)8-15(7-10(12)13)6-9-4-3-5-9;/h9-10H,3-8,14H2,1-2H3;1H. The van der Waals surface area contributed by atoms with E-state index in [-0.39, 0.29) is 19.0 Å². The van der Waals surface area contributed by atoms with Crippen molar-refractivity contribution in [2.75, 3.05) is 19.6 Å². The summed E-state index contributed by atoms with van der Waals surface area (Å²) in [5.41, 5.74) is 5.47. The Balaban J connectivity index is 0.00000225. The van der Waals surface area contributed by atoms with E-state index in [0.29, 0.717) is 12.5 Å². The third kappa shape index (κ3) is 6.61. The molecule has 0 saturated heterocycles. The molecule has 0 heterocycles. The van der Waals surface area contributed by atoms with E-state index >= 15 is 0 Å². The minimum Gasteiger partial charge on any atom is -0.324 e. The molecule has 98 valence electrons. The van der Waals surface area contributed by atoms with E-state index < -0.39 is 12.0 Å². The van der Waals surface area contributed by atoms with Crippen LogP contribution in [-0.4, -0.2) is 36.5 Å². The lowest BCUT2D eigenvalue weighted by Crippen LogP contribution is -2.48. The van der Waals surface area contributed by atoms with Crippen LogP contribution >= 0.6 is 12.4 Å². The molecule has 0 amide bonds. The van der Waals surface area contributed by atoms with Gasteiger partial charge in [0, 0.05) is 18.6 Å². The first-order valence-corrected chi connectivity index (χ1v) is 5.66. The zero-order valence-corrected chi connectivity index (χ0v) is 10.9. The van der Waals surface area contributed by atoms with Crippen LogP contribution in [-0.2, 0) is 0 Å². The van der Waals surface area contributed by atoms with Gasteiger partial charge >= 0.3 is 0 Å². The van der Waals surface area contributed by atoms with Crippen molar-refractivity contribution in [3.8, 4) is 0 Å². The van der Waals surface area contributed by atoms with Gasteiger partial charge in [0.15, 0.2) is 0 Å². The molecule has 1 rings (SSSR count). The van der Waals surface area contributed by atoms with E-state index in [1.165, 1.54) is 19.3 Å². The molecule has 1 aliphatic carbocycles. The van der Waals surface area contributed by atoms with Gasteiger partial charge in [0.1, 0.15) is 0 Å². The van der Waals surface area contributed by atoms with Gasteiger partial charge in [-0.25, -0.2) is 8.78 Å². The average Bonchev–Trinajstić information content (AvgIpc) is 1.91. The maximum Gasteiger partial charge on any atom is 0.251 e. The van der Waals surface area contributed by atoms with Crippen LogP contribution in [0.25, 0.3) is 0 Å². The summed E-state index contributed by atoms with van der Waals surface area (Å²) in [6, 6.07) is 0. The highest BCUT2D eigenvalue weighted by Crippen LogP contribution is 2.27. The van der Waals surface area contributed by atoms with Crippen molar-refractivity contribution < 1.29 is 8.78 Å². The highest BCUT2D eigenvalue weighted by Gasteiger charge is 2.25. The van der Waals surface area contributed by atoms with Crippen LogP contribution in [0, 0.1) is 5.92 Å². The van der Waals surface area contributed by atoms with Crippen LogP contribution < -0.4 is 5.73 Å². The Hall–Kier alpha value is 0.0700. The fraction of sp³-hybridized carbons (Fsp3) is 1.00. The maximum atomic E-state index is 12.3. The van der Waals surface area contributed by atoms with Gasteiger partial charge in [-0.05, 0) is 32.6 Å². The number of nitrogens with zero attached hydrogens (tertiary/aromatic N) is 1. The zero-order chi connectivity index (χ0) is 11.5. The molecule has 2 N–H and O–H groups in total. The Morgan fingerprint density at radius 1 is 1.38 bits per heavy atom. The van der Waals surface area contributed by atoms with Crippen molar-refractivity contribution in [3.05, 3.63) is 0 Å². The molecule has 0 aromatic carbocycles. The molecule has 0 aliphatic heterocycles. The van der Waals surface area contributed by atoms with E-state index in [9.17, 15) is 8.78 Å². The fourth-order valence-corrected chi connectivity index (χ4v) is 2.02. The van der Waals surface area contributed by atoms with E-state index in [2.05, 4.69) is 0 Å². The largest absolute Gasteiger partial charge is 0.324 e. The SMILES string of the molecule is CC(C)(N)CN(CC(F)F)CC1CCC1.Cl. The maximum absolute atomic E-state index is 12.3. The van der Waals surface area contributed by atoms with Crippen LogP contribution in [0.3, 0.4) is 0 Å². The number of hydrogen-bond donors (Lipinski definition) is 1. The molecule has 5 heteroatoms. The van der Waals surface area contributed by atoms with Gasteiger partial charge in [-0.2, -0.15) is 0 Å². The quantitative estimate of drug-likeness (QED) is 0.791. The number of alkyl halides is 2. The first kappa shape index (κ1) is 16.1. The second-order valence-electron chi connectivity index (χ2n) is 5.37. The predicted octanol–water partition coefficient (Wildman–Crippen LogP) is 2.51. The smallest absolute Gasteiger partial charge is 0.251 e. The van der Waals surface area contributed by atoms with E-state index in [1.807, 2.05) is 18.7 Å². The van der Waals surface area contributed by atoms with Crippen molar-refractivity contribution in [1.82, 2.24) is 4.90 Å². The number of nitrogens with two attached hydrogens (primary N) is 1. The lowest BCUT2D eigenvalue weighted by Gasteiger charge is -2.35. The highest BCUT2D eigenvalue weighted by atomic mass is 35.5. The molecule has 0 spiro atoms. The number of halogens is 3.